The average molecular weight is 382 g/mol. The third kappa shape index (κ3) is 4.58. The lowest BCUT2D eigenvalue weighted by Crippen LogP contribution is -2.26. The van der Waals surface area contributed by atoms with Gasteiger partial charge in [0, 0.05) is 31.1 Å². The van der Waals surface area contributed by atoms with E-state index >= 15 is 0 Å². The fourth-order valence-corrected chi connectivity index (χ4v) is 3.40. The maximum Gasteiger partial charge on any atom is 0.252 e. The molecule has 0 saturated carbocycles. The molecule has 0 aliphatic heterocycles. The summed E-state index contributed by atoms with van der Waals surface area (Å²) in [6.45, 7) is 0.580. The molecule has 4 rings (SSSR count). The molecule has 0 atom stereocenters. The number of carbonyl (C=O) groups excluding carboxylic acids is 1. The van der Waals surface area contributed by atoms with E-state index < -0.39 is 0 Å². The number of hydrogen-bond donors (Lipinski definition) is 1. The molecule has 5 heteroatoms. The SMILES string of the molecule is O=C(NCCC(c1ccccc1)c1ccccc1)c1ccc(-n2ccnc2)nc1. The lowest BCUT2D eigenvalue weighted by molar-refractivity contribution is 0.0952. The number of benzene rings is 2. The van der Waals surface area contributed by atoms with E-state index in [1.165, 1.54) is 11.1 Å². The summed E-state index contributed by atoms with van der Waals surface area (Å²) in [6.07, 6.45) is 7.60. The van der Waals surface area contributed by atoms with E-state index in [0.717, 1.165) is 12.2 Å². The predicted octanol–water partition coefficient (Wildman–Crippen LogP) is 4.22. The minimum absolute atomic E-state index is 0.116. The standard InChI is InChI=1S/C24H22N4O/c29-24(21-11-12-23(27-17-21)28-16-15-25-18-28)26-14-13-22(19-7-3-1-4-8-19)20-9-5-2-6-10-20/h1-12,15-18,22H,13-14H2,(H,26,29). The summed E-state index contributed by atoms with van der Waals surface area (Å²) in [5, 5.41) is 3.03. The van der Waals surface area contributed by atoms with Crippen molar-refractivity contribution in [3.63, 3.8) is 0 Å². The molecule has 29 heavy (non-hydrogen) atoms. The van der Waals surface area contributed by atoms with Crippen LogP contribution in [-0.2, 0) is 0 Å². The summed E-state index contributed by atoms with van der Waals surface area (Å²) < 4.78 is 1.80. The van der Waals surface area contributed by atoms with Gasteiger partial charge in [0.25, 0.3) is 5.91 Å². The fourth-order valence-electron chi connectivity index (χ4n) is 3.40. The Morgan fingerprint density at radius 3 is 2.17 bits per heavy atom. The van der Waals surface area contributed by atoms with E-state index in [-0.39, 0.29) is 11.8 Å². The van der Waals surface area contributed by atoms with Gasteiger partial charge in [0.1, 0.15) is 12.1 Å². The third-order valence-corrected chi connectivity index (χ3v) is 4.90. The van der Waals surface area contributed by atoms with Gasteiger partial charge in [0.2, 0.25) is 0 Å². The monoisotopic (exact) mass is 382 g/mol. The van der Waals surface area contributed by atoms with Crippen LogP contribution in [0.4, 0.5) is 0 Å². The van der Waals surface area contributed by atoms with Crippen LogP contribution in [0.2, 0.25) is 0 Å². The minimum Gasteiger partial charge on any atom is -0.352 e. The number of nitrogens with one attached hydrogen (secondary N) is 1. The lowest BCUT2D eigenvalue weighted by Gasteiger charge is -2.18. The Kier molecular flexibility index (Phi) is 5.76. The molecule has 0 unspecified atom stereocenters. The van der Waals surface area contributed by atoms with Crippen LogP contribution >= 0.6 is 0 Å². The summed E-state index contributed by atoms with van der Waals surface area (Å²) in [5.41, 5.74) is 3.04. The third-order valence-electron chi connectivity index (χ3n) is 4.90. The van der Waals surface area contributed by atoms with Gasteiger partial charge in [0.15, 0.2) is 0 Å². The van der Waals surface area contributed by atoms with E-state index in [1.807, 2.05) is 24.4 Å². The van der Waals surface area contributed by atoms with Crippen LogP contribution in [0.5, 0.6) is 0 Å². The number of nitrogens with zero attached hydrogens (tertiary/aromatic N) is 3. The van der Waals surface area contributed by atoms with E-state index in [9.17, 15) is 4.79 Å². The van der Waals surface area contributed by atoms with Gasteiger partial charge >= 0.3 is 0 Å². The highest BCUT2D eigenvalue weighted by atomic mass is 16.1. The summed E-state index contributed by atoms with van der Waals surface area (Å²) >= 11 is 0. The number of imidazole rings is 1. The first-order valence-electron chi connectivity index (χ1n) is 9.64. The highest BCUT2D eigenvalue weighted by molar-refractivity contribution is 5.93. The molecule has 2 aromatic heterocycles. The van der Waals surface area contributed by atoms with Crippen molar-refractivity contribution in [1.29, 1.82) is 0 Å². The average Bonchev–Trinajstić information content (AvgIpc) is 3.33. The minimum atomic E-state index is -0.116. The van der Waals surface area contributed by atoms with Crippen molar-refractivity contribution in [2.75, 3.05) is 6.54 Å². The topological polar surface area (TPSA) is 59.8 Å². The van der Waals surface area contributed by atoms with E-state index in [2.05, 4.69) is 63.8 Å². The van der Waals surface area contributed by atoms with Crippen molar-refractivity contribution in [2.24, 2.45) is 0 Å². The highest BCUT2D eigenvalue weighted by Gasteiger charge is 2.14. The molecule has 0 aliphatic carbocycles. The first-order chi connectivity index (χ1) is 14.3. The highest BCUT2D eigenvalue weighted by Crippen LogP contribution is 2.27. The molecule has 2 heterocycles. The zero-order valence-corrected chi connectivity index (χ0v) is 16.0. The molecule has 1 amide bonds. The molecular weight excluding hydrogens is 360 g/mol. The number of rotatable bonds is 7. The Labute approximate surface area is 170 Å². The number of carbonyl (C=O) groups is 1. The second-order valence-corrected chi connectivity index (χ2v) is 6.79. The van der Waals surface area contributed by atoms with Crippen molar-refractivity contribution in [1.82, 2.24) is 19.9 Å². The van der Waals surface area contributed by atoms with E-state index in [4.69, 9.17) is 0 Å². The van der Waals surface area contributed by atoms with Gasteiger partial charge in [0.05, 0.1) is 5.56 Å². The van der Waals surface area contributed by atoms with Crippen molar-refractivity contribution in [2.45, 2.75) is 12.3 Å². The number of pyridine rings is 1. The Morgan fingerprint density at radius 1 is 0.931 bits per heavy atom. The molecule has 4 aromatic rings. The van der Waals surface area contributed by atoms with Crippen LogP contribution in [-0.4, -0.2) is 27.0 Å². The molecule has 0 spiro atoms. The van der Waals surface area contributed by atoms with Gasteiger partial charge in [-0.25, -0.2) is 9.97 Å². The summed E-state index contributed by atoms with van der Waals surface area (Å²) in [4.78, 5) is 20.9. The van der Waals surface area contributed by atoms with Gasteiger partial charge in [-0.05, 0) is 29.7 Å². The van der Waals surface area contributed by atoms with Crippen LogP contribution in [0.25, 0.3) is 5.82 Å². The van der Waals surface area contributed by atoms with Gasteiger partial charge in [-0.3, -0.25) is 9.36 Å². The zero-order chi connectivity index (χ0) is 19.9. The zero-order valence-electron chi connectivity index (χ0n) is 16.0. The Morgan fingerprint density at radius 2 is 1.62 bits per heavy atom. The van der Waals surface area contributed by atoms with Crippen molar-refractivity contribution < 1.29 is 4.79 Å². The molecular formula is C24H22N4O. The summed E-state index contributed by atoms with van der Waals surface area (Å²) in [7, 11) is 0. The van der Waals surface area contributed by atoms with Crippen LogP contribution in [0.3, 0.4) is 0 Å². The molecule has 5 nitrogen and oxygen atoms in total. The summed E-state index contributed by atoms with van der Waals surface area (Å²) in [6, 6.07) is 24.4. The van der Waals surface area contributed by atoms with E-state index in [1.54, 1.807) is 29.4 Å². The lowest BCUT2D eigenvalue weighted by atomic mass is 9.88. The number of amides is 1. The smallest absolute Gasteiger partial charge is 0.252 e. The van der Waals surface area contributed by atoms with Crippen molar-refractivity contribution >= 4 is 5.91 Å². The molecule has 2 aromatic carbocycles. The van der Waals surface area contributed by atoms with Gasteiger partial charge < -0.3 is 5.32 Å². The molecule has 1 N–H and O–H groups in total. The van der Waals surface area contributed by atoms with Gasteiger partial charge in [-0.2, -0.15) is 0 Å². The quantitative estimate of drug-likeness (QED) is 0.521. The first-order valence-corrected chi connectivity index (χ1v) is 9.64. The van der Waals surface area contributed by atoms with Crippen LogP contribution in [0.1, 0.15) is 33.8 Å². The second kappa shape index (κ2) is 8.97. The van der Waals surface area contributed by atoms with Gasteiger partial charge in [-0.15, -0.1) is 0 Å². The maximum atomic E-state index is 12.5. The molecule has 0 radical (unpaired) electrons. The molecule has 0 saturated heterocycles. The molecule has 0 fully saturated rings. The second-order valence-electron chi connectivity index (χ2n) is 6.79. The summed E-state index contributed by atoms with van der Waals surface area (Å²) in [5.74, 6) is 0.848. The molecule has 0 aliphatic rings. The Hall–Kier alpha value is -3.73. The number of aromatic nitrogens is 3. The van der Waals surface area contributed by atoms with Crippen molar-refractivity contribution in [3.8, 4) is 5.82 Å². The Bertz CT molecular complexity index is 990. The molecule has 0 bridgehead atoms. The van der Waals surface area contributed by atoms with Crippen LogP contribution in [0, 0.1) is 0 Å². The van der Waals surface area contributed by atoms with Crippen LogP contribution < -0.4 is 5.32 Å². The maximum absolute atomic E-state index is 12.5. The fraction of sp³-hybridized carbons (Fsp3) is 0.125. The van der Waals surface area contributed by atoms with E-state index in [0.29, 0.717) is 12.1 Å². The normalized spacial score (nSPS) is 10.8. The first kappa shape index (κ1) is 18.6. The van der Waals surface area contributed by atoms with Gasteiger partial charge in [-0.1, -0.05) is 60.7 Å². The number of hydrogen-bond acceptors (Lipinski definition) is 3. The molecule has 144 valence electrons. The van der Waals surface area contributed by atoms with Crippen LogP contribution in [0.15, 0.2) is 97.7 Å². The Balaban J connectivity index is 1.40. The largest absolute Gasteiger partial charge is 0.352 e. The van der Waals surface area contributed by atoms with Crippen molar-refractivity contribution in [3.05, 3.63) is 114 Å². The predicted molar refractivity (Wildman–Crippen MR) is 113 cm³/mol.